The zero-order chi connectivity index (χ0) is 17.2. The van der Waals surface area contributed by atoms with Crippen LogP contribution in [0.3, 0.4) is 0 Å². The molecule has 0 saturated heterocycles. The van der Waals surface area contributed by atoms with Crippen LogP contribution in [-0.2, 0) is 11.3 Å². The van der Waals surface area contributed by atoms with Crippen LogP contribution in [0.25, 0.3) is 21.6 Å². The molecule has 0 unspecified atom stereocenters. The van der Waals surface area contributed by atoms with Crippen molar-refractivity contribution in [1.29, 1.82) is 0 Å². The number of hydrogen-bond acceptors (Lipinski definition) is 7. The molecule has 7 heteroatoms. The lowest BCUT2D eigenvalue weighted by Gasteiger charge is -2.02. The third-order valence-electron chi connectivity index (χ3n) is 3.54. The smallest absolute Gasteiger partial charge is 0.351 e. The van der Waals surface area contributed by atoms with E-state index < -0.39 is 11.6 Å². The third kappa shape index (κ3) is 3.09. The highest BCUT2D eigenvalue weighted by Crippen LogP contribution is 2.25. The molecule has 0 amide bonds. The van der Waals surface area contributed by atoms with Crippen LogP contribution in [0.15, 0.2) is 67.6 Å². The first kappa shape index (κ1) is 15.3. The van der Waals surface area contributed by atoms with Gasteiger partial charge in [-0.25, -0.2) is 9.59 Å². The lowest BCUT2D eigenvalue weighted by atomic mass is 10.2. The van der Waals surface area contributed by atoms with Gasteiger partial charge in [-0.3, -0.25) is 0 Å². The van der Waals surface area contributed by atoms with Crippen molar-refractivity contribution in [1.82, 2.24) is 5.16 Å². The summed E-state index contributed by atoms with van der Waals surface area (Å²) in [6.07, 6.45) is 0. The first-order valence-electron chi connectivity index (χ1n) is 7.40. The standard InChI is InChI=1S/C18H11NO5S/c20-17(13-8-11-4-1-2-5-14(11)23-18(13)21)22-10-12-9-15(24-19-12)16-6-3-7-25-16/h1-9H,10H2. The first-order valence-corrected chi connectivity index (χ1v) is 8.28. The first-order chi connectivity index (χ1) is 12.2. The van der Waals surface area contributed by atoms with E-state index in [4.69, 9.17) is 13.7 Å². The van der Waals surface area contributed by atoms with Crippen molar-refractivity contribution in [2.75, 3.05) is 0 Å². The van der Waals surface area contributed by atoms with Crippen molar-refractivity contribution >= 4 is 28.3 Å². The summed E-state index contributed by atoms with van der Waals surface area (Å²) in [5, 5.41) is 6.44. The number of aromatic nitrogens is 1. The molecule has 3 aromatic heterocycles. The molecule has 0 atom stereocenters. The molecule has 124 valence electrons. The Morgan fingerprint density at radius 2 is 2.04 bits per heavy atom. The Morgan fingerprint density at radius 3 is 2.88 bits per heavy atom. The second-order valence-electron chi connectivity index (χ2n) is 5.22. The highest BCUT2D eigenvalue weighted by atomic mass is 32.1. The summed E-state index contributed by atoms with van der Waals surface area (Å²) in [5.74, 6) is -0.161. The second kappa shape index (κ2) is 6.37. The predicted molar refractivity (Wildman–Crippen MR) is 91.4 cm³/mol. The van der Waals surface area contributed by atoms with Gasteiger partial charge in [-0.15, -0.1) is 11.3 Å². The predicted octanol–water partition coefficient (Wildman–Crippen LogP) is 3.87. The minimum Gasteiger partial charge on any atom is -0.455 e. The Balaban J connectivity index is 1.51. The normalized spacial score (nSPS) is 10.9. The molecule has 1 aromatic carbocycles. The number of carbonyl (C=O) groups excluding carboxylic acids is 1. The molecule has 0 saturated carbocycles. The van der Waals surface area contributed by atoms with E-state index in [1.165, 1.54) is 17.4 Å². The second-order valence-corrected chi connectivity index (χ2v) is 6.17. The number of carbonyl (C=O) groups is 1. The summed E-state index contributed by atoms with van der Waals surface area (Å²) in [4.78, 5) is 25.1. The van der Waals surface area contributed by atoms with Crippen LogP contribution in [0.5, 0.6) is 0 Å². The molecule has 0 N–H and O–H groups in total. The summed E-state index contributed by atoms with van der Waals surface area (Å²) in [5.41, 5.74) is -0.00753. The van der Waals surface area contributed by atoms with Gasteiger partial charge in [0.1, 0.15) is 23.4 Å². The lowest BCUT2D eigenvalue weighted by molar-refractivity contribution is 0.0459. The van der Waals surface area contributed by atoms with Gasteiger partial charge < -0.3 is 13.7 Å². The number of rotatable bonds is 4. The van der Waals surface area contributed by atoms with Gasteiger partial charge in [0.05, 0.1) is 4.88 Å². The van der Waals surface area contributed by atoms with Gasteiger partial charge in [0, 0.05) is 11.5 Å². The fourth-order valence-corrected chi connectivity index (χ4v) is 3.01. The van der Waals surface area contributed by atoms with E-state index in [0.717, 1.165) is 4.88 Å². The summed E-state index contributed by atoms with van der Waals surface area (Å²) < 4.78 is 15.5. The Bertz CT molecular complexity index is 1090. The summed E-state index contributed by atoms with van der Waals surface area (Å²) in [6, 6.07) is 13.9. The molecule has 0 spiro atoms. The number of thiophene rings is 1. The Morgan fingerprint density at radius 1 is 1.16 bits per heavy atom. The minimum atomic E-state index is -0.764. The van der Waals surface area contributed by atoms with E-state index >= 15 is 0 Å². The molecule has 25 heavy (non-hydrogen) atoms. The Kier molecular flexibility index (Phi) is 3.91. The van der Waals surface area contributed by atoms with Gasteiger partial charge in [-0.05, 0) is 23.6 Å². The zero-order valence-corrected chi connectivity index (χ0v) is 13.6. The number of hydrogen-bond donors (Lipinski definition) is 0. The van der Waals surface area contributed by atoms with E-state index in [9.17, 15) is 9.59 Å². The largest absolute Gasteiger partial charge is 0.455 e. The van der Waals surface area contributed by atoms with Crippen LogP contribution in [0.4, 0.5) is 0 Å². The fourth-order valence-electron chi connectivity index (χ4n) is 2.34. The summed E-state index contributed by atoms with van der Waals surface area (Å²) in [7, 11) is 0. The van der Waals surface area contributed by atoms with Crippen molar-refractivity contribution in [3.8, 4) is 10.6 Å². The maximum Gasteiger partial charge on any atom is 0.351 e. The molecule has 0 fully saturated rings. The molecule has 4 rings (SSSR count). The quantitative estimate of drug-likeness (QED) is 0.409. The number of benzene rings is 1. The van der Waals surface area contributed by atoms with Crippen LogP contribution >= 0.6 is 11.3 Å². The summed E-state index contributed by atoms with van der Waals surface area (Å²) in [6.45, 7) is -0.0972. The van der Waals surface area contributed by atoms with E-state index in [2.05, 4.69) is 5.16 Å². The van der Waals surface area contributed by atoms with Gasteiger partial charge in [0.15, 0.2) is 5.76 Å². The Labute approximate surface area is 145 Å². The molecule has 0 aliphatic heterocycles. The molecular formula is C18H11NO5S. The third-order valence-corrected chi connectivity index (χ3v) is 4.42. The monoisotopic (exact) mass is 353 g/mol. The van der Waals surface area contributed by atoms with Gasteiger partial charge >= 0.3 is 11.6 Å². The highest BCUT2D eigenvalue weighted by Gasteiger charge is 2.16. The van der Waals surface area contributed by atoms with Gasteiger partial charge in [0.25, 0.3) is 0 Å². The fraction of sp³-hybridized carbons (Fsp3) is 0.0556. The number of nitrogens with zero attached hydrogens (tertiary/aromatic N) is 1. The van der Waals surface area contributed by atoms with E-state index in [0.29, 0.717) is 22.4 Å². The minimum absolute atomic E-state index is 0.0972. The van der Waals surface area contributed by atoms with Crippen LogP contribution in [0, 0.1) is 0 Å². The van der Waals surface area contributed by atoms with Gasteiger partial charge in [0.2, 0.25) is 0 Å². The lowest BCUT2D eigenvalue weighted by Crippen LogP contribution is -2.16. The number of esters is 1. The van der Waals surface area contributed by atoms with Crippen molar-refractivity contribution in [2.45, 2.75) is 6.61 Å². The van der Waals surface area contributed by atoms with E-state index in [1.54, 1.807) is 30.3 Å². The molecule has 4 aromatic rings. The number of ether oxygens (including phenoxy) is 1. The number of fused-ring (bicyclic) bond motifs is 1. The van der Waals surface area contributed by atoms with Crippen molar-refractivity contribution in [3.05, 3.63) is 75.6 Å². The van der Waals surface area contributed by atoms with Crippen molar-refractivity contribution in [3.63, 3.8) is 0 Å². The van der Waals surface area contributed by atoms with E-state index in [-0.39, 0.29) is 12.2 Å². The van der Waals surface area contributed by atoms with Crippen molar-refractivity contribution in [2.24, 2.45) is 0 Å². The average Bonchev–Trinajstić information content (AvgIpc) is 3.30. The zero-order valence-electron chi connectivity index (χ0n) is 12.8. The molecule has 0 aliphatic carbocycles. The molecule has 0 radical (unpaired) electrons. The molecule has 0 aliphatic rings. The van der Waals surface area contributed by atoms with Crippen LogP contribution in [-0.4, -0.2) is 11.1 Å². The van der Waals surface area contributed by atoms with E-state index in [1.807, 2.05) is 17.5 Å². The topological polar surface area (TPSA) is 82.5 Å². The summed E-state index contributed by atoms with van der Waals surface area (Å²) >= 11 is 1.52. The highest BCUT2D eigenvalue weighted by molar-refractivity contribution is 7.13. The van der Waals surface area contributed by atoms with Gasteiger partial charge in [-0.2, -0.15) is 0 Å². The molecule has 0 bridgehead atoms. The average molecular weight is 353 g/mol. The van der Waals surface area contributed by atoms with Gasteiger partial charge in [-0.1, -0.05) is 29.4 Å². The molecule has 6 nitrogen and oxygen atoms in total. The van der Waals surface area contributed by atoms with Crippen LogP contribution in [0.1, 0.15) is 16.1 Å². The molecular weight excluding hydrogens is 342 g/mol. The van der Waals surface area contributed by atoms with Crippen LogP contribution < -0.4 is 5.63 Å². The Hall–Kier alpha value is -3.19. The number of para-hydroxylation sites is 1. The van der Waals surface area contributed by atoms with Crippen molar-refractivity contribution < 1.29 is 18.5 Å². The molecule has 3 heterocycles. The van der Waals surface area contributed by atoms with Crippen LogP contribution in [0.2, 0.25) is 0 Å². The SMILES string of the molecule is O=C(OCc1cc(-c2cccs2)on1)c1cc2ccccc2oc1=O. The maximum absolute atomic E-state index is 12.2. The maximum atomic E-state index is 12.2.